The summed E-state index contributed by atoms with van der Waals surface area (Å²) in [6.07, 6.45) is 8.11. The first-order chi connectivity index (χ1) is 13.8. The standard InChI is InChI=1S/C23H17N5/c1-2-21(24-10-1)23-15-9-11-28(23)22-8-7-20(27-22)14-19-6-5-18(26-19)13-17-4-3-16(12-15)25-17/h1-14,24-26H. The van der Waals surface area contributed by atoms with Crippen LogP contribution in [0.2, 0.25) is 0 Å². The zero-order chi connectivity index (χ0) is 18.5. The van der Waals surface area contributed by atoms with Gasteiger partial charge < -0.3 is 15.0 Å². The molecule has 1 aliphatic heterocycles. The summed E-state index contributed by atoms with van der Waals surface area (Å²) in [5.74, 6) is 0.899. The number of fused-ring (bicyclic) bond motifs is 9. The second-order valence-electron chi connectivity index (χ2n) is 6.97. The van der Waals surface area contributed by atoms with Crippen molar-refractivity contribution >= 4 is 39.6 Å². The Kier molecular flexibility index (Phi) is 3.10. The SMILES string of the molecule is C1=Cc2nc1cc1ccc(cc3ccc(cc4ccn2c4-c2ccc[nH]2)[nH]3)[nH]1. The number of hydrogen-bond acceptors (Lipinski definition) is 1. The minimum atomic E-state index is 0.899. The van der Waals surface area contributed by atoms with Crippen LogP contribution in [0.25, 0.3) is 51.0 Å². The van der Waals surface area contributed by atoms with Gasteiger partial charge in [0.25, 0.3) is 0 Å². The maximum atomic E-state index is 4.83. The van der Waals surface area contributed by atoms with Gasteiger partial charge in [-0.2, -0.15) is 0 Å². The third kappa shape index (κ3) is 2.45. The Bertz CT molecular complexity index is 1460. The van der Waals surface area contributed by atoms with Crippen LogP contribution in [-0.2, 0) is 0 Å². The maximum Gasteiger partial charge on any atom is 0.137 e. The van der Waals surface area contributed by atoms with Crippen LogP contribution in [0.15, 0.2) is 73.1 Å². The lowest BCUT2D eigenvalue weighted by atomic mass is 10.2. The molecule has 5 aromatic rings. The molecule has 28 heavy (non-hydrogen) atoms. The van der Waals surface area contributed by atoms with Crippen LogP contribution in [0.4, 0.5) is 0 Å². The van der Waals surface area contributed by atoms with Gasteiger partial charge >= 0.3 is 0 Å². The third-order valence-corrected chi connectivity index (χ3v) is 5.05. The number of aromatic amines is 3. The molecule has 8 bridgehead atoms. The first-order valence-electron chi connectivity index (χ1n) is 9.23. The van der Waals surface area contributed by atoms with Crippen LogP contribution in [0, 0.1) is 0 Å². The molecular weight excluding hydrogens is 346 g/mol. The van der Waals surface area contributed by atoms with Gasteiger partial charge in [-0.25, -0.2) is 4.98 Å². The molecule has 6 rings (SSSR count). The highest BCUT2D eigenvalue weighted by molar-refractivity contribution is 5.83. The summed E-state index contributed by atoms with van der Waals surface area (Å²) >= 11 is 0. The number of hydrogen-bond donors (Lipinski definition) is 3. The Labute approximate surface area is 160 Å². The first-order valence-corrected chi connectivity index (χ1v) is 9.23. The van der Waals surface area contributed by atoms with Crippen molar-refractivity contribution in [2.45, 2.75) is 0 Å². The van der Waals surface area contributed by atoms with Gasteiger partial charge in [-0.15, -0.1) is 0 Å². The van der Waals surface area contributed by atoms with E-state index < -0.39 is 0 Å². The van der Waals surface area contributed by atoms with Crippen molar-refractivity contribution in [1.82, 2.24) is 24.3 Å². The first kappa shape index (κ1) is 15.1. The highest BCUT2D eigenvalue weighted by Crippen LogP contribution is 2.26. The van der Waals surface area contributed by atoms with Crippen molar-refractivity contribution in [1.29, 1.82) is 0 Å². The van der Waals surface area contributed by atoms with E-state index >= 15 is 0 Å². The Morgan fingerprint density at radius 2 is 1.50 bits per heavy atom. The molecular formula is C23H17N5. The summed E-state index contributed by atoms with van der Waals surface area (Å²) in [6, 6.07) is 20.9. The molecule has 0 fully saturated rings. The van der Waals surface area contributed by atoms with Crippen molar-refractivity contribution in [3.8, 4) is 11.4 Å². The van der Waals surface area contributed by atoms with Gasteiger partial charge in [0.1, 0.15) is 5.82 Å². The lowest BCUT2D eigenvalue weighted by Crippen LogP contribution is -1.92. The molecule has 0 saturated carbocycles. The number of H-pyrrole nitrogens is 3. The van der Waals surface area contributed by atoms with E-state index in [-0.39, 0.29) is 0 Å². The predicted molar refractivity (Wildman–Crippen MR) is 114 cm³/mol. The van der Waals surface area contributed by atoms with Gasteiger partial charge in [-0.05, 0) is 72.8 Å². The smallest absolute Gasteiger partial charge is 0.137 e. The monoisotopic (exact) mass is 363 g/mol. The number of aromatic nitrogens is 5. The molecule has 0 saturated heterocycles. The Morgan fingerprint density at radius 1 is 0.750 bits per heavy atom. The van der Waals surface area contributed by atoms with Crippen LogP contribution in [-0.4, -0.2) is 24.3 Å². The quantitative estimate of drug-likeness (QED) is 0.357. The molecule has 0 amide bonds. The minimum absolute atomic E-state index is 0.899. The second-order valence-corrected chi connectivity index (χ2v) is 6.97. The molecule has 5 nitrogen and oxygen atoms in total. The summed E-state index contributed by atoms with van der Waals surface area (Å²) in [4.78, 5) is 15.1. The van der Waals surface area contributed by atoms with Crippen LogP contribution < -0.4 is 0 Å². The van der Waals surface area contributed by atoms with E-state index in [0.717, 1.165) is 50.4 Å². The molecule has 0 radical (unpaired) electrons. The largest absolute Gasteiger partial charge is 0.360 e. The molecule has 0 spiro atoms. The van der Waals surface area contributed by atoms with Crippen LogP contribution in [0.1, 0.15) is 11.5 Å². The van der Waals surface area contributed by atoms with E-state index in [1.54, 1.807) is 0 Å². The van der Waals surface area contributed by atoms with E-state index in [2.05, 4.69) is 86.2 Å². The summed E-state index contributed by atoms with van der Waals surface area (Å²) in [5, 5.41) is 1.13. The summed E-state index contributed by atoms with van der Waals surface area (Å²) < 4.78 is 2.13. The van der Waals surface area contributed by atoms with E-state index in [1.807, 2.05) is 18.3 Å². The van der Waals surface area contributed by atoms with E-state index in [4.69, 9.17) is 4.98 Å². The van der Waals surface area contributed by atoms with E-state index in [1.165, 1.54) is 0 Å². The van der Waals surface area contributed by atoms with Gasteiger partial charge in [-0.3, -0.25) is 4.40 Å². The van der Waals surface area contributed by atoms with Gasteiger partial charge in [0.2, 0.25) is 0 Å². The molecule has 5 aromatic heterocycles. The number of nitrogens with zero attached hydrogens (tertiary/aromatic N) is 2. The van der Waals surface area contributed by atoms with Crippen LogP contribution in [0.3, 0.4) is 0 Å². The Hall–Kier alpha value is -3.99. The van der Waals surface area contributed by atoms with Crippen LogP contribution >= 0.6 is 0 Å². The molecule has 6 heterocycles. The molecule has 1 aliphatic rings. The lowest BCUT2D eigenvalue weighted by Gasteiger charge is -2.01. The number of rotatable bonds is 1. The normalized spacial score (nSPS) is 12.1. The van der Waals surface area contributed by atoms with E-state index in [0.29, 0.717) is 0 Å². The molecule has 134 valence electrons. The van der Waals surface area contributed by atoms with Crippen molar-refractivity contribution in [3.63, 3.8) is 0 Å². The fourth-order valence-corrected chi connectivity index (χ4v) is 3.79. The topological polar surface area (TPSA) is 64.7 Å². The summed E-state index contributed by atoms with van der Waals surface area (Å²) in [6.45, 7) is 0. The third-order valence-electron chi connectivity index (χ3n) is 5.05. The number of nitrogens with one attached hydrogen (secondary N) is 3. The average Bonchev–Trinajstić information content (AvgIpc) is 3.46. The summed E-state index contributed by atoms with van der Waals surface area (Å²) in [7, 11) is 0. The van der Waals surface area contributed by atoms with Crippen LogP contribution in [0.5, 0.6) is 0 Å². The second kappa shape index (κ2) is 5.76. The summed E-state index contributed by atoms with van der Waals surface area (Å²) in [5.41, 5.74) is 7.27. The Morgan fingerprint density at radius 3 is 2.25 bits per heavy atom. The van der Waals surface area contributed by atoms with Crippen molar-refractivity contribution < 1.29 is 0 Å². The van der Waals surface area contributed by atoms with Crippen molar-refractivity contribution in [2.75, 3.05) is 0 Å². The molecule has 0 aliphatic carbocycles. The fraction of sp³-hybridized carbons (Fsp3) is 0. The molecule has 0 aromatic carbocycles. The molecule has 5 heteroatoms. The molecule has 0 unspecified atom stereocenters. The zero-order valence-corrected chi connectivity index (χ0v) is 15.0. The highest BCUT2D eigenvalue weighted by Gasteiger charge is 2.10. The zero-order valence-electron chi connectivity index (χ0n) is 15.0. The van der Waals surface area contributed by atoms with E-state index in [9.17, 15) is 0 Å². The fourth-order valence-electron chi connectivity index (χ4n) is 3.79. The Balaban J connectivity index is 1.79. The molecule has 0 atom stereocenters. The van der Waals surface area contributed by atoms with Gasteiger partial charge in [0.05, 0.1) is 17.1 Å². The van der Waals surface area contributed by atoms with Crippen molar-refractivity contribution in [3.05, 3.63) is 84.6 Å². The highest BCUT2D eigenvalue weighted by atomic mass is 15.0. The van der Waals surface area contributed by atoms with Gasteiger partial charge in [-0.1, -0.05) is 0 Å². The lowest BCUT2D eigenvalue weighted by molar-refractivity contribution is 1.06. The average molecular weight is 363 g/mol. The minimum Gasteiger partial charge on any atom is -0.360 e. The maximum absolute atomic E-state index is 4.83. The van der Waals surface area contributed by atoms with Gasteiger partial charge in [0.15, 0.2) is 0 Å². The van der Waals surface area contributed by atoms with Gasteiger partial charge in [0, 0.05) is 39.8 Å². The van der Waals surface area contributed by atoms with Crippen molar-refractivity contribution in [2.24, 2.45) is 0 Å². The predicted octanol–water partition coefficient (Wildman–Crippen LogP) is 5.46. The molecule has 3 N–H and O–H groups in total.